The zero-order valence-electron chi connectivity index (χ0n) is 12.9. The van der Waals surface area contributed by atoms with Gasteiger partial charge >= 0.3 is 0 Å². The Hall–Kier alpha value is -1.72. The van der Waals surface area contributed by atoms with Crippen molar-refractivity contribution in [2.45, 2.75) is 13.3 Å². The molecule has 0 atom stereocenters. The van der Waals surface area contributed by atoms with Crippen LogP contribution in [0.5, 0.6) is 11.5 Å². The lowest BCUT2D eigenvalue weighted by Gasteiger charge is -2.13. The van der Waals surface area contributed by atoms with Crippen LogP contribution < -0.4 is 4.74 Å². The third-order valence-electron chi connectivity index (χ3n) is 3.18. The molecule has 1 fully saturated rings. The van der Waals surface area contributed by atoms with Crippen LogP contribution in [-0.2, 0) is 0 Å². The number of rotatable bonds is 4. The lowest BCUT2D eigenvalue weighted by molar-refractivity contribution is 0.483. The highest BCUT2D eigenvalue weighted by molar-refractivity contribution is 8.22. The van der Waals surface area contributed by atoms with Crippen LogP contribution >= 0.6 is 23.5 Å². The maximum Gasteiger partial charge on any atom is 0.127 e. The molecule has 3 nitrogen and oxygen atoms in total. The van der Waals surface area contributed by atoms with Crippen LogP contribution in [0.3, 0.4) is 0 Å². The van der Waals surface area contributed by atoms with Crippen LogP contribution in [-0.4, -0.2) is 11.5 Å². The number of hydrogen-bond donors (Lipinski definition) is 0. The van der Waals surface area contributed by atoms with E-state index in [2.05, 4.69) is 10.2 Å². The molecule has 1 heterocycles. The van der Waals surface area contributed by atoms with Crippen LogP contribution in [0.1, 0.15) is 13.3 Å². The van der Waals surface area contributed by atoms with Gasteiger partial charge in [0.15, 0.2) is 0 Å². The third kappa shape index (κ3) is 4.88. The molecule has 0 spiro atoms. The van der Waals surface area contributed by atoms with Gasteiger partial charge in [0.1, 0.15) is 11.5 Å². The molecule has 0 radical (unpaired) electrons. The van der Waals surface area contributed by atoms with Crippen molar-refractivity contribution >= 4 is 29.2 Å². The normalized spacial score (nSPS) is 14.9. The molecule has 2 aromatic carbocycles. The van der Waals surface area contributed by atoms with Crippen molar-refractivity contribution in [1.82, 2.24) is 0 Å². The molecule has 0 amide bonds. The Morgan fingerprint density at radius 2 is 1.57 bits per heavy atom. The number of benzene rings is 2. The Balaban J connectivity index is 1.64. The molecular weight excluding hydrogens is 324 g/mol. The van der Waals surface area contributed by atoms with Crippen molar-refractivity contribution in [3.05, 3.63) is 64.5 Å². The molecule has 5 heteroatoms. The molecule has 0 saturated carbocycles. The van der Waals surface area contributed by atoms with E-state index in [1.807, 2.05) is 85.0 Å². The Kier molecular flexibility index (Phi) is 5.77. The summed E-state index contributed by atoms with van der Waals surface area (Å²) in [6, 6.07) is 17.4. The van der Waals surface area contributed by atoms with Gasteiger partial charge in [0.2, 0.25) is 0 Å². The third-order valence-corrected chi connectivity index (χ3v) is 5.99. The van der Waals surface area contributed by atoms with Gasteiger partial charge < -0.3 is 4.74 Å². The van der Waals surface area contributed by atoms with E-state index in [9.17, 15) is 0 Å². The summed E-state index contributed by atoms with van der Waals surface area (Å²) in [5.74, 6) is 3.99. The summed E-state index contributed by atoms with van der Waals surface area (Å²) in [6.45, 7) is 2.02. The van der Waals surface area contributed by atoms with Gasteiger partial charge in [0.05, 0.1) is 15.6 Å². The van der Waals surface area contributed by atoms with Crippen molar-refractivity contribution in [3.8, 4) is 11.5 Å². The largest absolute Gasteiger partial charge is 0.457 e. The van der Waals surface area contributed by atoms with Gasteiger partial charge in [-0.2, -0.15) is 10.2 Å². The Labute approximate surface area is 145 Å². The molecular formula is C18H18N2OS2. The number of para-hydroxylation sites is 1. The van der Waals surface area contributed by atoms with Gasteiger partial charge in [0.25, 0.3) is 0 Å². The maximum absolute atomic E-state index is 5.77. The molecule has 0 unspecified atom stereocenters. The first-order valence-corrected chi connectivity index (χ1v) is 9.49. The molecule has 1 aliphatic rings. The fourth-order valence-electron chi connectivity index (χ4n) is 2.02. The summed E-state index contributed by atoms with van der Waals surface area (Å²) in [5, 5.41) is 8.67. The van der Waals surface area contributed by atoms with Gasteiger partial charge in [0, 0.05) is 0 Å². The van der Waals surface area contributed by atoms with E-state index in [-0.39, 0.29) is 0 Å². The minimum absolute atomic E-state index is 0.795. The minimum atomic E-state index is 0.795. The highest BCUT2D eigenvalue weighted by Crippen LogP contribution is 2.37. The molecule has 0 aromatic heterocycles. The second-order valence-electron chi connectivity index (χ2n) is 5.03. The first-order valence-electron chi connectivity index (χ1n) is 7.52. The predicted molar refractivity (Wildman–Crippen MR) is 99.7 cm³/mol. The quantitative estimate of drug-likeness (QED) is 0.585. The smallest absolute Gasteiger partial charge is 0.127 e. The van der Waals surface area contributed by atoms with Gasteiger partial charge in [-0.3, -0.25) is 0 Å². The average molecular weight is 342 g/mol. The lowest BCUT2D eigenvalue weighted by Crippen LogP contribution is -1.93. The second kappa shape index (κ2) is 8.22. The number of nitrogens with zero attached hydrogens (tertiary/aromatic N) is 2. The van der Waals surface area contributed by atoms with Gasteiger partial charge in [-0.1, -0.05) is 18.2 Å². The van der Waals surface area contributed by atoms with Crippen LogP contribution in [0.4, 0.5) is 5.69 Å². The second-order valence-corrected chi connectivity index (χ2v) is 7.50. The van der Waals surface area contributed by atoms with E-state index < -0.39 is 0 Å². The fourth-order valence-corrected chi connectivity index (χ4v) is 4.48. The van der Waals surface area contributed by atoms with E-state index in [0.29, 0.717) is 0 Å². The summed E-state index contributed by atoms with van der Waals surface area (Å²) >= 11 is 3.76. The monoisotopic (exact) mass is 342 g/mol. The van der Waals surface area contributed by atoms with Crippen molar-refractivity contribution in [2.24, 2.45) is 10.2 Å². The Bertz CT molecular complexity index is 689. The number of azo groups is 1. The van der Waals surface area contributed by atoms with Gasteiger partial charge in [-0.25, -0.2) is 0 Å². The molecule has 2 aromatic rings. The summed E-state index contributed by atoms with van der Waals surface area (Å²) in [7, 11) is 0. The summed E-state index contributed by atoms with van der Waals surface area (Å²) < 4.78 is 7.06. The number of hydrogen-bond acceptors (Lipinski definition) is 5. The van der Waals surface area contributed by atoms with E-state index >= 15 is 0 Å². The minimum Gasteiger partial charge on any atom is -0.457 e. The van der Waals surface area contributed by atoms with Crippen LogP contribution in [0, 0.1) is 0 Å². The molecule has 0 N–H and O–H groups in total. The standard InChI is InChI=1S/C18H18N2OS2/c1-14(18-22-12-5-13-23-18)19-20-15-8-10-17(11-9-15)21-16-6-3-2-4-7-16/h2-4,6-11H,5,12-13H2,1H3. The van der Waals surface area contributed by atoms with Crippen molar-refractivity contribution in [3.63, 3.8) is 0 Å². The predicted octanol–water partition coefficient (Wildman–Crippen LogP) is 6.62. The van der Waals surface area contributed by atoms with Crippen LogP contribution in [0.2, 0.25) is 0 Å². The topological polar surface area (TPSA) is 34.0 Å². The average Bonchev–Trinajstić information content (AvgIpc) is 2.62. The first-order chi connectivity index (χ1) is 11.3. The van der Waals surface area contributed by atoms with Gasteiger partial charge in [-0.05, 0) is 61.2 Å². The zero-order chi connectivity index (χ0) is 15.9. The first kappa shape index (κ1) is 16.1. The fraction of sp³-hybridized carbons (Fsp3) is 0.222. The highest BCUT2D eigenvalue weighted by atomic mass is 32.2. The van der Waals surface area contributed by atoms with E-state index in [1.165, 1.54) is 22.2 Å². The zero-order valence-corrected chi connectivity index (χ0v) is 14.6. The van der Waals surface area contributed by atoms with E-state index in [1.54, 1.807) is 0 Å². The maximum atomic E-state index is 5.77. The Morgan fingerprint density at radius 1 is 0.913 bits per heavy atom. The molecule has 0 aliphatic carbocycles. The van der Waals surface area contributed by atoms with E-state index in [0.717, 1.165) is 22.9 Å². The lowest BCUT2D eigenvalue weighted by atomic mass is 10.3. The summed E-state index contributed by atoms with van der Waals surface area (Å²) in [5.41, 5.74) is 1.83. The number of ether oxygens (including phenoxy) is 1. The molecule has 118 valence electrons. The molecule has 1 saturated heterocycles. The SMILES string of the molecule is CC(N=Nc1ccc(Oc2ccccc2)cc1)=C1SCCCS1. The van der Waals surface area contributed by atoms with Crippen LogP contribution in [0.15, 0.2) is 74.8 Å². The van der Waals surface area contributed by atoms with Crippen molar-refractivity contribution in [1.29, 1.82) is 0 Å². The molecule has 0 bridgehead atoms. The Morgan fingerprint density at radius 3 is 2.26 bits per heavy atom. The van der Waals surface area contributed by atoms with Crippen molar-refractivity contribution < 1.29 is 4.74 Å². The molecule has 23 heavy (non-hydrogen) atoms. The molecule has 1 aliphatic heterocycles. The van der Waals surface area contributed by atoms with Gasteiger partial charge in [-0.15, -0.1) is 23.5 Å². The number of allylic oxidation sites excluding steroid dienone is 1. The highest BCUT2D eigenvalue weighted by Gasteiger charge is 2.09. The summed E-state index contributed by atoms with van der Waals surface area (Å²) in [4.78, 5) is 0. The van der Waals surface area contributed by atoms with Crippen LogP contribution in [0.25, 0.3) is 0 Å². The summed E-state index contributed by atoms with van der Waals surface area (Å²) in [6.07, 6.45) is 1.27. The van der Waals surface area contributed by atoms with Crippen molar-refractivity contribution in [2.75, 3.05) is 11.5 Å². The number of thioether (sulfide) groups is 2. The van der Waals surface area contributed by atoms with E-state index in [4.69, 9.17) is 4.74 Å². The molecule has 3 rings (SSSR count).